The van der Waals surface area contributed by atoms with Crippen molar-refractivity contribution in [2.75, 3.05) is 18.4 Å². The molecule has 1 heterocycles. The minimum absolute atomic E-state index is 0.602. The number of nitrogens with one attached hydrogen (secondary N) is 2. The maximum atomic E-state index is 4.29. The Kier molecular flexibility index (Phi) is 4.33. The number of hydrogen-bond acceptors (Lipinski definition) is 3. The van der Waals surface area contributed by atoms with Gasteiger partial charge in [-0.2, -0.15) is 5.10 Å². The van der Waals surface area contributed by atoms with Crippen molar-refractivity contribution in [1.82, 2.24) is 15.1 Å². The van der Waals surface area contributed by atoms with Crippen molar-refractivity contribution in [2.45, 2.75) is 31.3 Å². The van der Waals surface area contributed by atoms with Gasteiger partial charge in [-0.1, -0.05) is 18.2 Å². The van der Waals surface area contributed by atoms with E-state index in [-0.39, 0.29) is 0 Å². The highest BCUT2D eigenvalue weighted by Gasteiger charge is 2.29. The lowest BCUT2D eigenvalue weighted by atomic mass is 9.87. The average Bonchev–Trinajstić information content (AvgIpc) is 2.95. The summed E-state index contributed by atoms with van der Waals surface area (Å²) in [5.74, 6) is 0. The van der Waals surface area contributed by atoms with Gasteiger partial charge in [0, 0.05) is 30.7 Å². The minimum atomic E-state index is 0.602. The Morgan fingerprint density at radius 3 is 2.70 bits per heavy atom. The first-order valence-electron chi connectivity index (χ1n) is 7.43. The molecule has 20 heavy (non-hydrogen) atoms. The topological polar surface area (TPSA) is 41.9 Å². The highest BCUT2D eigenvalue weighted by Crippen LogP contribution is 2.31. The van der Waals surface area contributed by atoms with Gasteiger partial charge in [-0.05, 0) is 44.0 Å². The number of rotatable bonds is 7. The fourth-order valence-electron chi connectivity index (χ4n) is 2.65. The van der Waals surface area contributed by atoms with Gasteiger partial charge in [0.15, 0.2) is 0 Å². The fourth-order valence-corrected chi connectivity index (χ4v) is 2.65. The summed E-state index contributed by atoms with van der Waals surface area (Å²) in [5, 5.41) is 11.3. The first-order valence-corrected chi connectivity index (χ1v) is 7.43. The van der Waals surface area contributed by atoms with Gasteiger partial charge in [-0.3, -0.25) is 4.68 Å². The van der Waals surface area contributed by atoms with Crippen LogP contribution in [0.4, 0.5) is 5.69 Å². The van der Waals surface area contributed by atoms with Crippen LogP contribution < -0.4 is 10.6 Å². The molecule has 0 radical (unpaired) electrons. The smallest absolute Gasteiger partial charge is 0.0548 e. The van der Waals surface area contributed by atoms with E-state index in [4.69, 9.17) is 0 Å². The van der Waals surface area contributed by atoms with Crippen molar-refractivity contribution in [3.8, 4) is 0 Å². The molecule has 3 rings (SSSR count). The summed E-state index contributed by atoms with van der Waals surface area (Å²) < 4.78 is 2.08. The van der Waals surface area contributed by atoms with Crippen molar-refractivity contribution in [3.63, 3.8) is 0 Å². The van der Waals surface area contributed by atoms with Gasteiger partial charge in [0.25, 0.3) is 0 Å². The lowest BCUT2D eigenvalue weighted by Crippen LogP contribution is -2.42. The maximum Gasteiger partial charge on any atom is 0.0548 e. The van der Waals surface area contributed by atoms with Crippen molar-refractivity contribution in [1.29, 1.82) is 0 Å². The van der Waals surface area contributed by atoms with Gasteiger partial charge in [0.2, 0.25) is 0 Å². The van der Waals surface area contributed by atoms with E-state index in [9.17, 15) is 0 Å². The third kappa shape index (κ3) is 3.39. The molecule has 4 nitrogen and oxygen atoms in total. The molecule has 2 aromatic rings. The molecule has 1 aliphatic rings. The second kappa shape index (κ2) is 6.57. The summed E-state index contributed by atoms with van der Waals surface area (Å²) in [7, 11) is 0. The molecule has 0 bridgehead atoms. The molecular weight excluding hydrogens is 248 g/mol. The van der Waals surface area contributed by atoms with Crippen LogP contribution >= 0.6 is 0 Å². The lowest BCUT2D eigenvalue weighted by molar-refractivity contribution is 0.211. The van der Waals surface area contributed by atoms with E-state index in [1.165, 1.54) is 18.5 Å². The maximum absolute atomic E-state index is 4.29. The van der Waals surface area contributed by atoms with Gasteiger partial charge in [0.05, 0.1) is 6.04 Å². The second-order valence-corrected chi connectivity index (χ2v) is 5.41. The number of anilines is 1. The zero-order valence-corrected chi connectivity index (χ0v) is 11.7. The number of hydrogen-bond donors (Lipinski definition) is 2. The van der Waals surface area contributed by atoms with E-state index in [1.807, 2.05) is 18.3 Å². The van der Waals surface area contributed by atoms with Crippen molar-refractivity contribution < 1.29 is 0 Å². The van der Waals surface area contributed by atoms with Gasteiger partial charge >= 0.3 is 0 Å². The molecule has 0 unspecified atom stereocenters. The molecule has 1 aliphatic carbocycles. The van der Waals surface area contributed by atoms with Crippen LogP contribution in [-0.4, -0.2) is 28.9 Å². The van der Waals surface area contributed by atoms with E-state index in [0.29, 0.717) is 12.1 Å². The van der Waals surface area contributed by atoms with Gasteiger partial charge in [0.1, 0.15) is 0 Å². The van der Waals surface area contributed by atoms with Crippen molar-refractivity contribution in [2.24, 2.45) is 0 Å². The zero-order valence-electron chi connectivity index (χ0n) is 11.7. The molecule has 0 saturated heterocycles. The molecule has 1 saturated carbocycles. The minimum Gasteiger partial charge on any atom is -0.385 e. The highest BCUT2D eigenvalue weighted by atomic mass is 15.3. The predicted octanol–water partition coefficient (Wildman–Crippen LogP) is 2.68. The van der Waals surface area contributed by atoms with Crippen LogP contribution in [0.15, 0.2) is 48.8 Å². The van der Waals surface area contributed by atoms with Crippen LogP contribution in [0.3, 0.4) is 0 Å². The second-order valence-electron chi connectivity index (χ2n) is 5.41. The van der Waals surface area contributed by atoms with E-state index in [0.717, 1.165) is 19.5 Å². The summed E-state index contributed by atoms with van der Waals surface area (Å²) in [6.07, 6.45) is 7.47. The van der Waals surface area contributed by atoms with Crippen molar-refractivity contribution >= 4 is 5.69 Å². The quantitative estimate of drug-likeness (QED) is 0.760. The molecule has 0 amide bonds. The fraction of sp³-hybridized carbons (Fsp3) is 0.438. The summed E-state index contributed by atoms with van der Waals surface area (Å²) in [6, 6.07) is 13.6. The molecular formula is C16H22N4. The monoisotopic (exact) mass is 270 g/mol. The van der Waals surface area contributed by atoms with Crippen LogP contribution in [0.25, 0.3) is 0 Å². The zero-order chi connectivity index (χ0) is 13.6. The first-order chi connectivity index (χ1) is 9.92. The summed E-state index contributed by atoms with van der Waals surface area (Å²) >= 11 is 0. The average molecular weight is 270 g/mol. The normalized spacial score (nSPS) is 21.4. The van der Waals surface area contributed by atoms with E-state index >= 15 is 0 Å². The Hall–Kier alpha value is -1.81. The Morgan fingerprint density at radius 2 is 1.95 bits per heavy atom. The van der Waals surface area contributed by atoms with E-state index in [2.05, 4.69) is 50.9 Å². The van der Waals surface area contributed by atoms with Crippen LogP contribution in [0, 0.1) is 0 Å². The number of para-hydroxylation sites is 1. The van der Waals surface area contributed by atoms with Crippen LogP contribution in [-0.2, 0) is 0 Å². The van der Waals surface area contributed by atoms with E-state index < -0.39 is 0 Å². The molecule has 0 spiro atoms. The molecule has 106 valence electrons. The van der Waals surface area contributed by atoms with Crippen LogP contribution in [0.2, 0.25) is 0 Å². The standard InChI is InChI=1S/C16H22N4/c1-2-6-14(7-3-1)17-8-4-9-18-15-12-16(13-15)20-11-5-10-19-20/h1-3,5-7,10-11,15-18H,4,8-9,12-13H2. The predicted molar refractivity (Wildman–Crippen MR) is 81.8 cm³/mol. The molecule has 1 fully saturated rings. The summed E-state index contributed by atoms with van der Waals surface area (Å²) in [6.45, 7) is 2.10. The Labute approximate surface area is 120 Å². The number of aromatic nitrogens is 2. The largest absolute Gasteiger partial charge is 0.385 e. The van der Waals surface area contributed by atoms with Crippen LogP contribution in [0.5, 0.6) is 0 Å². The molecule has 1 aromatic heterocycles. The van der Waals surface area contributed by atoms with Crippen molar-refractivity contribution in [3.05, 3.63) is 48.8 Å². The number of nitrogens with zero attached hydrogens (tertiary/aromatic N) is 2. The number of benzene rings is 1. The lowest BCUT2D eigenvalue weighted by Gasteiger charge is -2.36. The molecule has 0 atom stereocenters. The Bertz CT molecular complexity index is 488. The third-order valence-electron chi connectivity index (χ3n) is 3.90. The Balaban J connectivity index is 1.25. The van der Waals surface area contributed by atoms with Gasteiger partial charge in [-0.15, -0.1) is 0 Å². The molecule has 1 aromatic carbocycles. The van der Waals surface area contributed by atoms with E-state index in [1.54, 1.807) is 0 Å². The third-order valence-corrected chi connectivity index (χ3v) is 3.90. The highest BCUT2D eigenvalue weighted by molar-refractivity contribution is 5.42. The molecule has 2 N–H and O–H groups in total. The van der Waals surface area contributed by atoms with Gasteiger partial charge < -0.3 is 10.6 Å². The summed E-state index contributed by atoms with van der Waals surface area (Å²) in [5.41, 5.74) is 1.20. The summed E-state index contributed by atoms with van der Waals surface area (Å²) in [4.78, 5) is 0. The molecule has 4 heteroatoms. The SMILES string of the molecule is c1ccc(NCCCNC2CC(n3cccn3)C2)cc1. The Morgan fingerprint density at radius 1 is 1.10 bits per heavy atom. The molecule has 0 aliphatic heterocycles. The van der Waals surface area contributed by atoms with Gasteiger partial charge in [-0.25, -0.2) is 0 Å². The first kappa shape index (κ1) is 13.2. The van der Waals surface area contributed by atoms with Crippen LogP contribution in [0.1, 0.15) is 25.3 Å².